The maximum absolute atomic E-state index is 14.1. The third-order valence-corrected chi connectivity index (χ3v) is 7.96. The predicted octanol–water partition coefficient (Wildman–Crippen LogP) is 2.83. The van der Waals surface area contributed by atoms with Crippen LogP contribution in [0.15, 0.2) is 102 Å². The van der Waals surface area contributed by atoms with Gasteiger partial charge in [0.2, 0.25) is 17.7 Å². The summed E-state index contributed by atoms with van der Waals surface area (Å²) in [4.78, 5) is 53.0. The summed E-state index contributed by atoms with van der Waals surface area (Å²) >= 11 is 0. The number of nitrogens with one attached hydrogen (secondary N) is 3. The first-order valence-corrected chi connectivity index (χ1v) is 16.3. The van der Waals surface area contributed by atoms with Crippen molar-refractivity contribution >= 4 is 46.3 Å². The number of nitrogens with two attached hydrogens (primary N) is 4. The molecular weight excluding hydrogens is 693 g/mol. The first-order valence-electron chi connectivity index (χ1n) is 16.3. The largest absolute Gasteiger partial charge is 0.490 e. The van der Waals surface area contributed by atoms with Gasteiger partial charge in [0.05, 0.1) is 5.92 Å². The van der Waals surface area contributed by atoms with Gasteiger partial charge < -0.3 is 38.7 Å². The zero-order valence-electron chi connectivity index (χ0n) is 28.5. The van der Waals surface area contributed by atoms with E-state index < -0.39 is 42.0 Å². The molecular formula is C37H41F3N8O5. The fourth-order valence-corrected chi connectivity index (χ4v) is 5.25. The monoisotopic (exact) mass is 734 g/mol. The lowest BCUT2D eigenvalue weighted by atomic mass is 9.90. The Morgan fingerprint density at radius 3 is 1.87 bits per heavy atom. The van der Waals surface area contributed by atoms with Crippen LogP contribution < -0.4 is 33.6 Å². The summed E-state index contributed by atoms with van der Waals surface area (Å²) in [5.74, 6) is -5.10. The maximum atomic E-state index is 14.1. The topological polar surface area (TPSA) is 253 Å². The molecule has 4 aromatic rings. The number of carbonyl (C=O) groups is 4. The van der Waals surface area contributed by atoms with E-state index in [1.807, 2.05) is 84.9 Å². The highest BCUT2D eigenvalue weighted by atomic mass is 19.4. The third-order valence-electron chi connectivity index (χ3n) is 7.96. The molecule has 0 spiro atoms. The van der Waals surface area contributed by atoms with Crippen molar-refractivity contribution < 1.29 is 37.5 Å². The number of hydrogen-bond donors (Lipinski definition) is 8. The molecule has 12 N–H and O–H groups in total. The number of nitrogens with zero attached hydrogens (tertiary/aromatic N) is 1. The van der Waals surface area contributed by atoms with Gasteiger partial charge in [0.25, 0.3) is 0 Å². The van der Waals surface area contributed by atoms with Gasteiger partial charge >= 0.3 is 12.1 Å². The quantitative estimate of drug-likeness (QED) is 0.0511. The molecule has 0 radical (unpaired) electrons. The zero-order valence-corrected chi connectivity index (χ0v) is 28.5. The molecule has 0 aliphatic carbocycles. The number of guanidine groups is 1. The Balaban J connectivity index is 0.000000980. The number of rotatable bonds is 15. The maximum Gasteiger partial charge on any atom is 0.490 e. The molecule has 0 saturated heterocycles. The van der Waals surface area contributed by atoms with E-state index in [0.29, 0.717) is 18.4 Å². The van der Waals surface area contributed by atoms with Gasteiger partial charge in [-0.2, -0.15) is 13.2 Å². The molecule has 53 heavy (non-hydrogen) atoms. The van der Waals surface area contributed by atoms with Crippen LogP contribution in [0.1, 0.15) is 41.0 Å². The summed E-state index contributed by atoms with van der Waals surface area (Å²) in [5.41, 5.74) is 25.1. The average Bonchev–Trinajstić information content (AvgIpc) is 3.11. The Morgan fingerprint density at radius 1 is 0.736 bits per heavy atom. The van der Waals surface area contributed by atoms with Gasteiger partial charge in [-0.15, -0.1) is 0 Å². The Kier molecular flexibility index (Phi) is 14.9. The molecule has 0 saturated carbocycles. The smallest absolute Gasteiger partial charge is 0.475 e. The van der Waals surface area contributed by atoms with Gasteiger partial charge in [-0.3, -0.25) is 24.8 Å². The number of aliphatic imine (C=N–C) groups is 1. The Morgan fingerprint density at radius 2 is 1.30 bits per heavy atom. The van der Waals surface area contributed by atoms with Crippen LogP contribution in [0.2, 0.25) is 0 Å². The number of amides is 3. The van der Waals surface area contributed by atoms with Crippen molar-refractivity contribution in [3.63, 3.8) is 0 Å². The minimum absolute atomic E-state index is 0.0445. The van der Waals surface area contributed by atoms with Crippen molar-refractivity contribution in [1.82, 2.24) is 10.6 Å². The second-order valence-corrected chi connectivity index (χ2v) is 11.9. The number of halogens is 3. The highest BCUT2D eigenvalue weighted by Gasteiger charge is 2.38. The van der Waals surface area contributed by atoms with Gasteiger partial charge in [0.15, 0.2) is 5.96 Å². The summed E-state index contributed by atoms with van der Waals surface area (Å²) < 4.78 is 31.7. The zero-order chi connectivity index (χ0) is 39.1. The van der Waals surface area contributed by atoms with E-state index in [4.69, 9.17) is 38.2 Å². The van der Waals surface area contributed by atoms with E-state index >= 15 is 0 Å². The first kappa shape index (κ1) is 41.0. The molecule has 0 heterocycles. The Hall–Kier alpha value is -6.45. The van der Waals surface area contributed by atoms with Gasteiger partial charge in [-0.1, -0.05) is 97.1 Å². The molecule has 0 fully saturated rings. The van der Waals surface area contributed by atoms with E-state index in [0.717, 1.165) is 27.5 Å². The number of primary amides is 1. The molecule has 4 rings (SSSR count). The van der Waals surface area contributed by atoms with Gasteiger partial charge in [-0.05, 0) is 46.7 Å². The second kappa shape index (κ2) is 19.2. The predicted molar refractivity (Wildman–Crippen MR) is 195 cm³/mol. The van der Waals surface area contributed by atoms with Crippen LogP contribution in [0.3, 0.4) is 0 Å². The van der Waals surface area contributed by atoms with Crippen LogP contribution in [0.25, 0.3) is 10.8 Å². The molecule has 0 aliphatic heterocycles. The number of aliphatic carboxylic acids is 1. The van der Waals surface area contributed by atoms with E-state index in [9.17, 15) is 27.6 Å². The summed E-state index contributed by atoms with van der Waals surface area (Å²) in [6, 6.07) is 28.2. The fraction of sp³-hybridized carbons (Fsp3) is 0.243. The number of carbonyl (C=O) groups excluding carboxylic acids is 3. The van der Waals surface area contributed by atoms with E-state index in [1.54, 1.807) is 12.1 Å². The summed E-state index contributed by atoms with van der Waals surface area (Å²) in [7, 11) is 0. The van der Waals surface area contributed by atoms with Gasteiger partial charge in [-0.25, -0.2) is 4.79 Å². The van der Waals surface area contributed by atoms with E-state index in [-0.39, 0.29) is 37.1 Å². The van der Waals surface area contributed by atoms with Crippen LogP contribution in [0.5, 0.6) is 0 Å². The van der Waals surface area contributed by atoms with Crippen molar-refractivity contribution in [2.75, 3.05) is 6.54 Å². The van der Waals surface area contributed by atoms with Crippen molar-refractivity contribution in [3.05, 3.63) is 119 Å². The molecule has 16 heteroatoms. The SMILES string of the molecule is N=C(N)c1ccc(C[C@H](C(=O)N[C@@H](Cc2ccc3ccccc3c2)C(=O)NC(CCCN=C(N)N)C(N)=O)c2ccccc2)cc1.O=C(O)C(F)(F)F. The second-order valence-electron chi connectivity index (χ2n) is 11.9. The van der Waals surface area contributed by atoms with Crippen LogP contribution in [0.4, 0.5) is 13.2 Å². The van der Waals surface area contributed by atoms with Crippen LogP contribution in [-0.4, -0.2) is 65.4 Å². The molecule has 3 atom stereocenters. The number of benzene rings is 4. The average molecular weight is 735 g/mol. The number of fused-ring (bicyclic) bond motifs is 1. The lowest BCUT2D eigenvalue weighted by molar-refractivity contribution is -0.192. The van der Waals surface area contributed by atoms with Gasteiger partial charge in [0.1, 0.15) is 17.9 Å². The van der Waals surface area contributed by atoms with E-state index in [1.165, 1.54) is 0 Å². The Bertz CT molecular complexity index is 1920. The minimum Gasteiger partial charge on any atom is -0.475 e. The molecule has 0 aliphatic rings. The molecule has 280 valence electrons. The minimum atomic E-state index is -5.08. The van der Waals surface area contributed by atoms with Crippen molar-refractivity contribution in [1.29, 1.82) is 5.41 Å². The number of amidine groups is 1. The number of alkyl halides is 3. The van der Waals surface area contributed by atoms with Gasteiger partial charge in [0, 0.05) is 18.5 Å². The van der Waals surface area contributed by atoms with Crippen LogP contribution in [-0.2, 0) is 32.0 Å². The number of nitrogen functional groups attached to an aromatic ring is 1. The molecule has 1 unspecified atom stereocenters. The third kappa shape index (κ3) is 13.3. The lowest BCUT2D eigenvalue weighted by Crippen LogP contribution is -2.54. The molecule has 0 aromatic heterocycles. The van der Waals surface area contributed by atoms with E-state index in [2.05, 4.69) is 15.6 Å². The molecule has 0 bridgehead atoms. The summed E-state index contributed by atoms with van der Waals surface area (Å²) in [6.45, 7) is 0.269. The van der Waals surface area contributed by atoms with Crippen LogP contribution >= 0.6 is 0 Å². The van der Waals surface area contributed by atoms with Crippen molar-refractivity contribution in [2.24, 2.45) is 27.9 Å². The summed E-state index contributed by atoms with van der Waals surface area (Å²) in [5, 5.41) is 22.6. The van der Waals surface area contributed by atoms with Crippen molar-refractivity contribution in [3.8, 4) is 0 Å². The number of carboxylic acid groups (broad SMARTS) is 1. The lowest BCUT2D eigenvalue weighted by Gasteiger charge is -2.25. The summed E-state index contributed by atoms with van der Waals surface area (Å²) in [6.07, 6.45) is -3.94. The first-order chi connectivity index (χ1) is 25.0. The fourth-order valence-electron chi connectivity index (χ4n) is 5.25. The van der Waals surface area contributed by atoms with Crippen LogP contribution in [0, 0.1) is 5.41 Å². The van der Waals surface area contributed by atoms with Crippen molar-refractivity contribution in [2.45, 2.75) is 49.9 Å². The molecule has 3 amide bonds. The normalized spacial score (nSPS) is 12.6. The Labute approximate surface area is 303 Å². The highest BCUT2D eigenvalue weighted by Crippen LogP contribution is 2.23. The number of carboxylic acids is 1. The molecule has 4 aromatic carbocycles. The molecule has 13 nitrogen and oxygen atoms in total. The standard InChI is InChI=1S/C35H40N8O3.C2HF3O2/c36-31(37)26-16-12-22(13-17-26)20-28(25-8-2-1-3-9-25)33(45)43-30(21-23-14-15-24-7-4-5-10-27(24)19-23)34(46)42-29(32(38)44)11-6-18-41-35(39)40;3-2(4,5)1(6)7/h1-5,7-10,12-17,19,28-30H,6,11,18,20-21H2,(H3,36,37)(H2,38,44)(H,42,46)(H,43,45)(H4,39,40,41);(H,6,7)/t28-,29?,30-;/m0./s1. The highest BCUT2D eigenvalue weighted by molar-refractivity contribution is 5.95. The number of hydrogen-bond acceptors (Lipinski definition) is 6.